The lowest BCUT2D eigenvalue weighted by Gasteiger charge is -2.15. The normalized spacial score (nSPS) is 12.9. The van der Waals surface area contributed by atoms with Crippen LogP contribution in [0.5, 0.6) is 5.75 Å². The highest BCUT2D eigenvalue weighted by Gasteiger charge is 2.31. The Labute approximate surface area is 176 Å². The molecule has 0 aliphatic carbocycles. The van der Waals surface area contributed by atoms with E-state index in [1.54, 1.807) is 0 Å². The van der Waals surface area contributed by atoms with Gasteiger partial charge in [0.1, 0.15) is 5.75 Å². The van der Waals surface area contributed by atoms with E-state index in [-0.39, 0.29) is 16.1 Å². The summed E-state index contributed by atoms with van der Waals surface area (Å²) in [5, 5.41) is 2.39. The quantitative estimate of drug-likeness (QED) is 0.638. The Kier molecular flexibility index (Phi) is 7.28. The number of rotatable bonds is 7. The molecule has 12 heteroatoms. The summed E-state index contributed by atoms with van der Waals surface area (Å²) in [5.74, 6) is -2.03. The highest BCUT2D eigenvalue weighted by molar-refractivity contribution is 7.89. The van der Waals surface area contributed by atoms with Gasteiger partial charge in [-0.3, -0.25) is 4.79 Å². The maximum absolute atomic E-state index is 12.2. The van der Waals surface area contributed by atoms with Crippen molar-refractivity contribution in [3.05, 3.63) is 54.1 Å². The molecule has 0 saturated carbocycles. The minimum atomic E-state index is -4.83. The van der Waals surface area contributed by atoms with Gasteiger partial charge in [-0.2, -0.15) is 0 Å². The van der Waals surface area contributed by atoms with Crippen LogP contribution in [0, 0.1) is 0 Å². The predicted octanol–water partition coefficient (Wildman–Crippen LogP) is 3.02. The first-order valence-electron chi connectivity index (χ1n) is 8.70. The summed E-state index contributed by atoms with van der Waals surface area (Å²) in [7, 11) is -0.918. The van der Waals surface area contributed by atoms with Crippen molar-refractivity contribution in [1.82, 2.24) is 4.31 Å². The Morgan fingerprint density at radius 1 is 1.00 bits per heavy atom. The molecule has 31 heavy (non-hydrogen) atoms. The first kappa shape index (κ1) is 24.2. The maximum atomic E-state index is 12.2. The molecule has 0 saturated heterocycles. The lowest BCUT2D eigenvalue weighted by atomic mass is 10.2. The molecule has 1 atom stereocenters. The van der Waals surface area contributed by atoms with Crippen LogP contribution in [-0.4, -0.2) is 51.2 Å². The molecule has 0 bridgehead atoms. The number of sulfonamides is 1. The van der Waals surface area contributed by atoms with E-state index in [9.17, 15) is 31.2 Å². The molecule has 2 aromatic rings. The van der Waals surface area contributed by atoms with Crippen LogP contribution < -0.4 is 10.1 Å². The van der Waals surface area contributed by atoms with Gasteiger partial charge < -0.3 is 14.8 Å². The van der Waals surface area contributed by atoms with Crippen molar-refractivity contribution in [2.24, 2.45) is 0 Å². The fraction of sp³-hybridized carbons (Fsp3) is 0.263. The van der Waals surface area contributed by atoms with Crippen LogP contribution in [0.4, 0.5) is 18.9 Å². The largest absolute Gasteiger partial charge is 0.573 e. The van der Waals surface area contributed by atoms with Gasteiger partial charge in [0, 0.05) is 19.8 Å². The van der Waals surface area contributed by atoms with Crippen molar-refractivity contribution in [3.63, 3.8) is 0 Å². The number of nitrogens with zero attached hydrogens (tertiary/aromatic N) is 1. The number of carbonyl (C=O) groups excluding carboxylic acids is 2. The Bertz CT molecular complexity index is 1040. The summed E-state index contributed by atoms with van der Waals surface area (Å²) >= 11 is 0. The number of esters is 1. The molecule has 0 aliphatic heterocycles. The average molecular weight is 460 g/mol. The molecule has 0 aromatic heterocycles. The number of halogens is 3. The molecule has 8 nitrogen and oxygen atoms in total. The van der Waals surface area contributed by atoms with Crippen LogP contribution in [0.3, 0.4) is 0 Å². The smallest absolute Gasteiger partial charge is 0.449 e. The van der Waals surface area contributed by atoms with Gasteiger partial charge in [-0.05, 0) is 55.5 Å². The molecule has 0 radical (unpaired) electrons. The number of anilines is 1. The minimum absolute atomic E-state index is 0.0159. The van der Waals surface area contributed by atoms with E-state index in [0.29, 0.717) is 0 Å². The van der Waals surface area contributed by atoms with E-state index >= 15 is 0 Å². The minimum Gasteiger partial charge on any atom is -0.449 e. The zero-order valence-corrected chi connectivity index (χ0v) is 17.5. The first-order valence-corrected chi connectivity index (χ1v) is 10.1. The molecule has 1 amide bonds. The van der Waals surface area contributed by atoms with E-state index in [1.165, 1.54) is 57.4 Å². The number of hydrogen-bond donors (Lipinski definition) is 1. The van der Waals surface area contributed by atoms with Crippen LogP contribution in [0.25, 0.3) is 0 Å². The molecule has 0 fully saturated rings. The second-order valence-electron chi connectivity index (χ2n) is 6.42. The molecule has 2 aromatic carbocycles. The van der Waals surface area contributed by atoms with Crippen molar-refractivity contribution in [2.45, 2.75) is 24.3 Å². The van der Waals surface area contributed by atoms with Gasteiger partial charge in [-0.1, -0.05) is 0 Å². The van der Waals surface area contributed by atoms with Gasteiger partial charge in [0.05, 0.1) is 10.5 Å². The van der Waals surface area contributed by atoms with Gasteiger partial charge >= 0.3 is 12.3 Å². The topological polar surface area (TPSA) is 102 Å². The van der Waals surface area contributed by atoms with Crippen LogP contribution in [0.2, 0.25) is 0 Å². The summed E-state index contributed by atoms with van der Waals surface area (Å²) in [5.41, 5.74) is 0.201. The highest BCUT2D eigenvalue weighted by Crippen LogP contribution is 2.24. The van der Waals surface area contributed by atoms with E-state index in [0.717, 1.165) is 16.4 Å². The van der Waals surface area contributed by atoms with Crippen LogP contribution >= 0.6 is 0 Å². The van der Waals surface area contributed by atoms with Gasteiger partial charge in [0.15, 0.2) is 6.10 Å². The Morgan fingerprint density at radius 3 is 2.03 bits per heavy atom. The molecular weight excluding hydrogens is 441 g/mol. The van der Waals surface area contributed by atoms with Gasteiger partial charge in [-0.25, -0.2) is 17.5 Å². The molecule has 2 rings (SSSR count). The van der Waals surface area contributed by atoms with Crippen molar-refractivity contribution >= 4 is 27.6 Å². The van der Waals surface area contributed by atoms with Crippen molar-refractivity contribution in [3.8, 4) is 5.75 Å². The summed E-state index contributed by atoms with van der Waals surface area (Å²) in [6, 6.07) is 9.40. The predicted molar refractivity (Wildman–Crippen MR) is 104 cm³/mol. The zero-order valence-electron chi connectivity index (χ0n) is 16.6. The molecule has 0 spiro atoms. The number of alkyl halides is 3. The van der Waals surface area contributed by atoms with E-state index < -0.39 is 40.1 Å². The fourth-order valence-corrected chi connectivity index (χ4v) is 3.14. The summed E-state index contributed by atoms with van der Waals surface area (Å²) in [6.45, 7) is 1.30. The third-order valence-electron chi connectivity index (χ3n) is 3.88. The zero-order chi connectivity index (χ0) is 23.4. The molecular formula is C19H19F3N2O6S. The third kappa shape index (κ3) is 6.69. The van der Waals surface area contributed by atoms with Crippen LogP contribution in [0.15, 0.2) is 53.4 Å². The highest BCUT2D eigenvalue weighted by atomic mass is 32.2. The Morgan fingerprint density at radius 2 is 1.55 bits per heavy atom. The van der Waals surface area contributed by atoms with E-state index in [4.69, 9.17) is 4.74 Å². The Hall–Kier alpha value is -3.12. The number of carbonyl (C=O) groups is 2. The van der Waals surface area contributed by atoms with Gasteiger partial charge in [0.25, 0.3) is 5.91 Å². The molecule has 0 heterocycles. The first-order chi connectivity index (χ1) is 14.3. The summed E-state index contributed by atoms with van der Waals surface area (Å²) in [4.78, 5) is 24.4. The molecule has 0 aliphatic rings. The number of amides is 1. The number of hydrogen-bond acceptors (Lipinski definition) is 6. The van der Waals surface area contributed by atoms with Crippen LogP contribution in [0.1, 0.15) is 17.3 Å². The molecule has 1 unspecified atom stereocenters. The molecule has 168 valence electrons. The maximum Gasteiger partial charge on any atom is 0.573 e. The lowest BCUT2D eigenvalue weighted by molar-refractivity contribution is -0.274. The van der Waals surface area contributed by atoms with E-state index in [2.05, 4.69) is 10.1 Å². The molecule has 1 N–H and O–H groups in total. The SMILES string of the molecule is CC(OC(=O)c1ccc(S(=O)(=O)N(C)C)cc1)C(=O)Nc1ccc(OC(F)(F)F)cc1. The lowest BCUT2D eigenvalue weighted by Crippen LogP contribution is -2.30. The summed E-state index contributed by atoms with van der Waals surface area (Å²) < 4.78 is 70.4. The number of nitrogens with one attached hydrogen (secondary N) is 1. The Balaban J connectivity index is 1.97. The standard InChI is InChI=1S/C19H19F3N2O6S/c1-12(17(25)23-14-6-8-15(9-7-14)30-19(20,21)22)29-18(26)13-4-10-16(11-5-13)31(27,28)24(2)3/h4-12H,1-3H3,(H,23,25). The van der Waals surface area contributed by atoms with Gasteiger partial charge in [0.2, 0.25) is 10.0 Å². The second-order valence-corrected chi connectivity index (χ2v) is 8.57. The van der Waals surface area contributed by atoms with E-state index in [1.807, 2.05) is 0 Å². The van der Waals surface area contributed by atoms with Gasteiger partial charge in [-0.15, -0.1) is 13.2 Å². The van der Waals surface area contributed by atoms with Crippen LogP contribution in [-0.2, 0) is 19.6 Å². The van der Waals surface area contributed by atoms with Crippen molar-refractivity contribution in [2.75, 3.05) is 19.4 Å². The van der Waals surface area contributed by atoms with Crippen molar-refractivity contribution in [1.29, 1.82) is 0 Å². The monoisotopic (exact) mass is 460 g/mol. The number of benzene rings is 2. The third-order valence-corrected chi connectivity index (χ3v) is 5.71. The van der Waals surface area contributed by atoms with Crippen molar-refractivity contribution < 1.29 is 40.7 Å². The number of ether oxygens (including phenoxy) is 2. The fourth-order valence-electron chi connectivity index (χ4n) is 2.24. The summed E-state index contributed by atoms with van der Waals surface area (Å²) in [6.07, 6.45) is -6.06. The average Bonchev–Trinajstić information content (AvgIpc) is 2.68. The second kappa shape index (κ2) is 9.35.